The van der Waals surface area contributed by atoms with Crippen LogP contribution < -0.4 is 5.32 Å². The molecule has 5 heteroatoms. The molecule has 1 heterocycles. The Labute approximate surface area is 145 Å². The summed E-state index contributed by atoms with van der Waals surface area (Å²) >= 11 is 0. The summed E-state index contributed by atoms with van der Waals surface area (Å²) in [5.74, 6) is -2.57. The molecule has 1 amide bonds. The summed E-state index contributed by atoms with van der Waals surface area (Å²) in [5, 5.41) is 14.6. The maximum atomic E-state index is 12.7. The monoisotopic (exact) mass is 334 g/mol. The average molecular weight is 334 g/mol. The lowest BCUT2D eigenvalue weighted by molar-refractivity contribution is -0.122. The molecule has 0 aliphatic heterocycles. The molecule has 0 saturated heterocycles. The van der Waals surface area contributed by atoms with Crippen molar-refractivity contribution in [2.75, 3.05) is 0 Å². The van der Waals surface area contributed by atoms with Gasteiger partial charge in [-0.05, 0) is 26.2 Å². The van der Waals surface area contributed by atoms with Gasteiger partial charge in [0.2, 0.25) is 11.7 Å². The van der Waals surface area contributed by atoms with Crippen LogP contribution in [-0.2, 0) is 4.79 Å². The van der Waals surface area contributed by atoms with Crippen LogP contribution in [0.3, 0.4) is 0 Å². The molecule has 0 spiro atoms. The Morgan fingerprint density at radius 2 is 1.84 bits per heavy atom. The molecule has 1 aromatic heterocycles. The van der Waals surface area contributed by atoms with Gasteiger partial charge in [-0.25, -0.2) is 0 Å². The van der Waals surface area contributed by atoms with Crippen molar-refractivity contribution in [2.45, 2.75) is 26.8 Å². The minimum absolute atomic E-state index is 0.0665. The van der Waals surface area contributed by atoms with E-state index in [1.54, 1.807) is 26.8 Å². The van der Waals surface area contributed by atoms with Gasteiger partial charge in [0.15, 0.2) is 11.7 Å². The van der Waals surface area contributed by atoms with Gasteiger partial charge in [0.25, 0.3) is 0 Å². The minimum Gasteiger partial charge on any atom is -0.452 e. The van der Waals surface area contributed by atoms with Gasteiger partial charge in [0.05, 0.1) is 6.07 Å². The maximum absolute atomic E-state index is 12.7. The Morgan fingerprint density at radius 3 is 2.52 bits per heavy atom. The summed E-state index contributed by atoms with van der Waals surface area (Å²) in [6, 6.07) is 13.2. The fourth-order valence-corrected chi connectivity index (χ4v) is 2.92. The fraction of sp³-hybridized carbons (Fsp3) is 0.250. The predicted octanol–water partition coefficient (Wildman–Crippen LogP) is 3.74. The molecular formula is C20H18N2O3. The van der Waals surface area contributed by atoms with Gasteiger partial charge < -0.3 is 9.73 Å². The largest absolute Gasteiger partial charge is 0.452 e. The van der Waals surface area contributed by atoms with Gasteiger partial charge in [-0.3, -0.25) is 9.59 Å². The molecule has 0 aliphatic rings. The molecular weight excluding hydrogens is 316 g/mol. The molecule has 1 N–H and O–H groups in total. The van der Waals surface area contributed by atoms with Crippen LogP contribution in [0.1, 0.15) is 30.0 Å². The van der Waals surface area contributed by atoms with E-state index in [1.807, 2.05) is 36.4 Å². The second kappa shape index (κ2) is 6.40. The van der Waals surface area contributed by atoms with E-state index < -0.39 is 17.6 Å². The van der Waals surface area contributed by atoms with E-state index >= 15 is 0 Å². The van der Waals surface area contributed by atoms with Crippen LogP contribution in [0.15, 0.2) is 40.8 Å². The van der Waals surface area contributed by atoms with Crippen LogP contribution in [0.25, 0.3) is 21.7 Å². The molecule has 3 aromatic rings. The first-order valence-electron chi connectivity index (χ1n) is 8.09. The summed E-state index contributed by atoms with van der Waals surface area (Å²) in [7, 11) is 0. The molecule has 0 unspecified atom stereocenters. The lowest BCUT2D eigenvalue weighted by atomic mass is 9.99. The quantitative estimate of drug-likeness (QED) is 0.582. The predicted molar refractivity (Wildman–Crippen MR) is 95.2 cm³/mol. The Bertz CT molecular complexity index is 1020. The summed E-state index contributed by atoms with van der Waals surface area (Å²) in [5.41, 5.74) is 1.24. The lowest BCUT2D eigenvalue weighted by Crippen LogP contribution is -2.38. The van der Waals surface area contributed by atoms with Gasteiger partial charge in [-0.2, -0.15) is 5.26 Å². The molecule has 3 rings (SSSR count). The highest BCUT2D eigenvalue weighted by Gasteiger charge is 2.32. The molecule has 0 bridgehead atoms. The number of aryl methyl sites for hydroxylation is 1. The first-order chi connectivity index (χ1) is 11.9. The highest BCUT2D eigenvalue weighted by molar-refractivity contribution is 6.15. The number of nitriles is 1. The number of ketones is 1. The minimum atomic E-state index is -1.42. The second-order valence-corrected chi connectivity index (χ2v) is 6.31. The van der Waals surface area contributed by atoms with Crippen molar-refractivity contribution < 1.29 is 14.0 Å². The summed E-state index contributed by atoms with van der Waals surface area (Å²) < 4.78 is 5.83. The van der Waals surface area contributed by atoms with Crippen LogP contribution >= 0.6 is 0 Å². The normalized spacial score (nSPS) is 12.3. The van der Waals surface area contributed by atoms with E-state index in [0.29, 0.717) is 11.1 Å². The molecule has 0 aliphatic carbocycles. The number of benzene rings is 2. The number of nitrogens with zero attached hydrogens (tertiary/aromatic N) is 1. The van der Waals surface area contributed by atoms with Crippen LogP contribution in [0.5, 0.6) is 0 Å². The molecule has 1 atom stereocenters. The average Bonchev–Trinajstić information content (AvgIpc) is 2.92. The molecule has 0 radical (unpaired) electrons. The highest BCUT2D eigenvalue weighted by Crippen LogP contribution is 2.32. The Balaban J connectivity index is 2.10. The third kappa shape index (κ3) is 2.87. The third-order valence-corrected chi connectivity index (χ3v) is 4.14. The topological polar surface area (TPSA) is 83.1 Å². The number of hydrogen-bond acceptors (Lipinski definition) is 4. The van der Waals surface area contributed by atoms with Crippen molar-refractivity contribution >= 4 is 33.4 Å². The highest BCUT2D eigenvalue weighted by atomic mass is 16.3. The number of nitrogens with one attached hydrogen (secondary N) is 1. The Kier molecular flexibility index (Phi) is 4.28. The van der Waals surface area contributed by atoms with E-state index in [0.717, 1.165) is 16.2 Å². The SMILES string of the molecule is Cc1c(C(=O)[C@H](C#N)C(=O)NC(C)C)oc2c1ccc1ccccc12. The lowest BCUT2D eigenvalue weighted by Gasteiger charge is -2.11. The van der Waals surface area contributed by atoms with Crippen LogP contribution in [-0.4, -0.2) is 17.7 Å². The summed E-state index contributed by atoms with van der Waals surface area (Å²) in [6.45, 7) is 5.31. The van der Waals surface area contributed by atoms with E-state index in [4.69, 9.17) is 4.42 Å². The third-order valence-electron chi connectivity index (χ3n) is 4.14. The Hall–Kier alpha value is -3.13. The number of fused-ring (bicyclic) bond motifs is 3. The number of furan rings is 1. The van der Waals surface area contributed by atoms with E-state index in [-0.39, 0.29) is 11.8 Å². The van der Waals surface area contributed by atoms with Gasteiger partial charge >= 0.3 is 0 Å². The van der Waals surface area contributed by atoms with Crippen molar-refractivity contribution in [2.24, 2.45) is 5.92 Å². The Morgan fingerprint density at radius 1 is 1.12 bits per heavy atom. The van der Waals surface area contributed by atoms with E-state index in [9.17, 15) is 14.9 Å². The molecule has 25 heavy (non-hydrogen) atoms. The number of amides is 1. The van der Waals surface area contributed by atoms with Crippen LogP contribution in [0.2, 0.25) is 0 Å². The van der Waals surface area contributed by atoms with Crippen LogP contribution in [0, 0.1) is 24.2 Å². The molecule has 2 aromatic carbocycles. The number of hydrogen-bond donors (Lipinski definition) is 1. The summed E-state index contributed by atoms with van der Waals surface area (Å²) in [4.78, 5) is 24.9. The second-order valence-electron chi connectivity index (χ2n) is 6.31. The van der Waals surface area contributed by atoms with Gasteiger partial charge in [-0.1, -0.05) is 36.4 Å². The zero-order chi connectivity index (χ0) is 18.1. The number of rotatable bonds is 4. The van der Waals surface area contributed by atoms with Crippen molar-refractivity contribution in [1.29, 1.82) is 5.26 Å². The van der Waals surface area contributed by atoms with Gasteiger partial charge in [0, 0.05) is 22.4 Å². The fourth-order valence-electron chi connectivity index (χ4n) is 2.92. The molecule has 0 fully saturated rings. The van der Waals surface area contributed by atoms with Crippen molar-refractivity contribution in [3.8, 4) is 6.07 Å². The standard InChI is InChI=1S/C20H18N2O3/c1-11(2)22-20(24)16(10-21)17(23)18-12(3)14-9-8-13-6-4-5-7-15(13)19(14)25-18/h4-9,11,16H,1-3H3,(H,22,24)/t16-/m0/s1. The van der Waals surface area contributed by atoms with Crippen molar-refractivity contribution in [3.05, 3.63) is 47.7 Å². The zero-order valence-electron chi connectivity index (χ0n) is 14.3. The number of carbonyl (C=O) groups is 2. The van der Waals surface area contributed by atoms with E-state index in [2.05, 4.69) is 5.32 Å². The van der Waals surface area contributed by atoms with Gasteiger partial charge in [-0.15, -0.1) is 0 Å². The zero-order valence-corrected chi connectivity index (χ0v) is 14.3. The number of carbonyl (C=O) groups excluding carboxylic acids is 2. The smallest absolute Gasteiger partial charge is 0.245 e. The van der Waals surface area contributed by atoms with Gasteiger partial charge in [0.1, 0.15) is 5.58 Å². The van der Waals surface area contributed by atoms with Crippen LogP contribution in [0.4, 0.5) is 0 Å². The van der Waals surface area contributed by atoms with E-state index in [1.165, 1.54) is 0 Å². The first-order valence-corrected chi connectivity index (χ1v) is 8.09. The molecule has 0 saturated carbocycles. The van der Waals surface area contributed by atoms with Crippen molar-refractivity contribution in [1.82, 2.24) is 5.32 Å². The number of Topliss-reactive ketones (excluding diaryl/α,β-unsaturated/α-hetero) is 1. The van der Waals surface area contributed by atoms with Crippen molar-refractivity contribution in [3.63, 3.8) is 0 Å². The molecule has 126 valence electrons. The summed E-state index contributed by atoms with van der Waals surface area (Å²) in [6.07, 6.45) is 0. The molecule has 5 nitrogen and oxygen atoms in total. The maximum Gasteiger partial charge on any atom is 0.245 e. The first kappa shape index (κ1) is 16.7.